The first-order chi connectivity index (χ1) is 5.93. The summed E-state index contributed by atoms with van der Waals surface area (Å²) in [5.74, 6) is -0.000110. The van der Waals surface area contributed by atoms with Crippen molar-refractivity contribution in [2.75, 3.05) is 5.75 Å². The zero-order valence-corrected chi connectivity index (χ0v) is 8.78. The molecule has 2 N–H and O–H groups in total. The molecule has 0 unspecified atom stereocenters. The molecule has 4 heteroatoms. The van der Waals surface area contributed by atoms with E-state index >= 15 is 0 Å². The van der Waals surface area contributed by atoms with E-state index in [9.17, 15) is 4.79 Å². The lowest BCUT2D eigenvalue weighted by molar-refractivity contribution is -0.139. The third kappa shape index (κ3) is 1.57. The van der Waals surface area contributed by atoms with Gasteiger partial charge in [0, 0.05) is 5.75 Å². The molecule has 0 amide bonds. The molecule has 2 rings (SSSR count). The molecule has 0 bridgehead atoms. The number of hydrogen-bond acceptors (Lipinski definition) is 3. The minimum Gasteiger partial charge on any atom is -0.480 e. The van der Waals surface area contributed by atoms with Crippen LogP contribution in [0.1, 0.15) is 26.7 Å². The summed E-state index contributed by atoms with van der Waals surface area (Å²) >= 11 is 1.78. The van der Waals surface area contributed by atoms with Crippen LogP contribution in [-0.2, 0) is 4.79 Å². The average molecular weight is 201 g/mol. The van der Waals surface area contributed by atoms with Crippen LogP contribution in [0, 0.1) is 5.41 Å². The Balaban J connectivity index is 1.97. The number of thioether (sulfide) groups is 1. The van der Waals surface area contributed by atoms with Gasteiger partial charge >= 0.3 is 5.97 Å². The van der Waals surface area contributed by atoms with Crippen LogP contribution < -0.4 is 5.32 Å². The van der Waals surface area contributed by atoms with Gasteiger partial charge in [0.25, 0.3) is 0 Å². The molecule has 3 nitrogen and oxygen atoms in total. The molecule has 2 aliphatic rings. The first-order valence-corrected chi connectivity index (χ1v) is 5.56. The topological polar surface area (TPSA) is 49.3 Å². The lowest BCUT2D eigenvalue weighted by Crippen LogP contribution is -2.56. The van der Waals surface area contributed by atoms with Gasteiger partial charge in [0.15, 0.2) is 0 Å². The van der Waals surface area contributed by atoms with Gasteiger partial charge in [-0.05, 0) is 18.3 Å². The van der Waals surface area contributed by atoms with Gasteiger partial charge in [-0.15, -0.1) is 11.8 Å². The molecular weight excluding hydrogens is 186 g/mol. The zero-order valence-electron chi connectivity index (χ0n) is 7.96. The van der Waals surface area contributed by atoms with Crippen LogP contribution in [0.4, 0.5) is 0 Å². The first kappa shape index (κ1) is 9.34. The van der Waals surface area contributed by atoms with E-state index in [1.54, 1.807) is 11.8 Å². The van der Waals surface area contributed by atoms with Crippen molar-refractivity contribution >= 4 is 17.7 Å². The minimum absolute atomic E-state index is 0.0898. The van der Waals surface area contributed by atoms with Crippen molar-refractivity contribution in [3.8, 4) is 0 Å². The van der Waals surface area contributed by atoms with E-state index < -0.39 is 5.97 Å². The number of carboxylic acids is 1. The Morgan fingerprint density at radius 1 is 1.54 bits per heavy atom. The summed E-state index contributed by atoms with van der Waals surface area (Å²) in [7, 11) is 0. The molecule has 13 heavy (non-hydrogen) atoms. The molecule has 1 heterocycles. The van der Waals surface area contributed by atoms with Gasteiger partial charge in [0.2, 0.25) is 0 Å². The first-order valence-electron chi connectivity index (χ1n) is 4.57. The van der Waals surface area contributed by atoms with Crippen LogP contribution in [0.2, 0.25) is 0 Å². The third-order valence-electron chi connectivity index (χ3n) is 2.79. The summed E-state index contributed by atoms with van der Waals surface area (Å²) < 4.78 is 0. The normalized spacial score (nSPS) is 34.5. The summed E-state index contributed by atoms with van der Waals surface area (Å²) in [6.07, 6.45) is 2.18. The number of rotatable bonds is 1. The Labute approximate surface area is 82.3 Å². The number of hydrogen-bond donors (Lipinski definition) is 2. The fourth-order valence-electron chi connectivity index (χ4n) is 2.48. The summed E-state index contributed by atoms with van der Waals surface area (Å²) in [6.45, 7) is 4.46. The van der Waals surface area contributed by atoms with E-state index in [1.165, 1.54) is 0 Å². The molecule has 0 radical (unpaired) electrons. The van der Waals surface area contributed by atoms with E-state index in [0.29, 0.717) is 11.2 Å². The van der Waals surface area contributed by atoms with E-state index in [1.807, 2.05) is 0 Å². The van der Waals surface area contributed by atoms with Crippen LogP contribution in [0.3, 0.4) is 0 Å². The molecular formula is C9H15NO2S. The predicted molar refractivity (Wildman–Crippen MR) is 52.8 cm³/mol. The number of carboxylic acid groups (broad SMARTS) is 1. The SMILES string of the molecule is CC1(C)CC2(C1)N[C@H](C(=O)O)CS2. The van der Waals surface area contributed by atoms with Crippen LogP contribution in [-0.4, -0.2) is 27.7 Å². The van der Waals surface area contributed by atoms with Crippen molar-refractivity contribution in [3.63, 3.8) is 0 Å². The van der Waals surface area contributed by atoms with Crippen molar-refractivity contribution < 1.29 is 9.90 Å². The summed E-state index contributed by atoms with van der Waals surface area (Å²) in [6, 6.07) is -0.332. The predicted octanol–water partition coefficient (Wildman–Crippen LogP) is 1.29. The van der Waals surface area contributed by atoms with Crippen LogP contribution in [0.25, 0.3) is 0 Å². The molecule has 74 valence electrons. The Hall–Kier alpha value is -0.220. The minimum atomic E-state index is -0.714. The van der Waals surface area contributed by atoms with Gasteiger partial charge < -0.3 is 5.11 Å². The van der Waals surface area contributed by atoms with Gasteiger partial charge in [0.1, 0.15) is 6.04 Å². The highest BCUT2D eigenvalue weighted by atomic mass is 32.2. The second-order valence-electron chi connectivity index (χ2n) is 4.86. The smallest absolute Gasteiger partial charge is 0.321 e. The zero-order chi connectivity index (χ0) is 9.69. The molecule has 1 saturated heterocycles. The van der Waals surface area contributed by atoms with Crippen molar-refractivity contribution in [2.24, 2.45) is 5.41 Å². The van der Waals surface area contributed by atoms with E-state index in [-0.39, 0.29) is 10.9 Å². The number of nitrogens with one attached hydrogen (secondary N) is 1. The Morgan fingerprint density at radius 3 is 2.54 bits per heavy atom. The Bertz CT molecular complexity index is 244. The van der Waals surface area contributed by atoms with Crippen LogP contribution in [0.15, 0.2) is 0 Å². The highest BCUT2D eigenvalue weighted by Crippen LogP contribution is 2.56. The quantitative estimate of drug-likeness (QED) is 0.671. The van der Waals surface area contributed by atoms with Gasteiger partial charge in [-0.1, -0.05) is 13.8 Å². The molecule has 2 fully saturated rings. The second kappa shape index (κ2) is 2.64. The molecule has 0 aromatic heterocycles. The highest BCUT2D eigenvalue weighted by Gasteiger charge is 2.54. The maximum Gasteiger partial charge on any atom is 0.321 e. The average Bonchev–Trinajstić information content (AvgIpc) is 2.29. The highest BCUT2D eigenvalue weighted by molar-refractivity contribution is 8.01. The van der Waals surface area contributed by atoms with Crippen LogP contribution >= 0.6 is 11.8 Å². The van der Waals surface area contributed by atoms with Gasteiger partial charge in [-0.2, -0.15) is 0 Å². The second-order valence-corrected chi connectivity index (χ2v) is 6.26. The molecule has 1 saturated carbocycles. The van der Waals surface area contributed by atoms with Crippen LogP contribution in [0.5, 0.6) is 0 Å². The fraction of sp³-hybridized carbons (Fsp3) is 0.889. The van der Waals surface area contributed by atoms with Gasteiger partial charge in [0.05, 0.1) is 4.87 Å². The maximum atomic E-state index is 10.7. The van der Waals surface area contributed by atoms with Crippen molar-refractivity contribution in [3.05, 3.63) is 0 Å². The lowest BCUT2D eigenvalue weighted by atomic mass is 9.67. The van der Waals surface area contributed by atoms with Gasteiger partial charge in [-0.3, -0.25) is 10.1 Å². The molecule has 1 aliphatic heterocycles. The van der Waals surface area contributed by atoms with E-state index in [4.69, 9.17) is 5.11 Å². The largest absolute Gasteiger partial charge is 0.480 e. The maximum absolute atomic E-state index is 10.7. The summed E-state index contributed by atoms with van der Waals surface area (Å²) in [4.78, 5) is 10.8. The monoisotopic (exact) mass is 201 g/mol. The third-order valence-corrected chi connectivity index (χ3v) is 4.25. The lowest BCUT2D eigenvalue weighted by Gasteiger charge is -2.50. The molecule has 1 aliphatic carbocycles. The van der Waals surface area contributed by atoms with Crippen molar-refractivity contribution in [2.45, 2.75) is 37.6 Å². The van der Waals surface area contributed by atoms with Crippen molar-refractivity contribution in [1.82, 2.24) is 5.32 Å². The van der Waals surface area contributed by atoms with E-state index in [0.717, 1.165) is 12.8 Å². The van der Waals surface area contributed by atoms with E-state index in [2.05, 4.69) is 19.2 Å². The van der Waals surface area contributed by atoms with Gasteiger partial charge in [-0.25, -0.2) is 0 Å². The molecule has 1 atom stereocenters. The molecule has 0 aromatic carbocycles. The Kier molecular flexibility index (Phi) is 1.90. The number of carbonyl (C=O) groups is 1. The molecule has 1 spiro atoms. The summed E-state index contributed by atoms with van der Waals surface area (Å²) in [5.41, 5.74) is 0.396. The molecule has 0 aromatic rings. The fourth-order valence-corrected chi connectivity index (χ4v) is 4.40. The Morgan fingerprint density at radius 2 is 2.15 bits per heavy atom. The summed E-state index contributed by atoms with van der Waals surface area (Å²) in [5, 5.41) is 12.0. The van der Waals surface area contributed by atoms with Crippen molar-refractivity contribution in [1.29, 1.82) is 0 Å². The standard InChI is InChI=1S/C9H15NO2S/c1-8(2)4-9(5-8)10-6(3-13-9)7(11)12/h6,10H,3-5H2,1-2H3,(H,11,12)/t6-/m0/s1. The number of aliphatic carboxylic acids is 1.